The molecule has 0 bridgehead atoms. The van der Waals surface area contributed by atoms with Crippen LogP contribution in [0.1, 0.15) is 61.9 Å². The van der Waals surface area contributed by atoms with Gasteiger partial charge in [0.25, 0.3) is 0 Å². The van der Waals surface area contributed by atoms with Crippen LogP contribution in [0.25, 0.3) is 0 Å². The lowest BCUT2D eigenvalue weighted by atomic mass is 9.80. The minimum absolute atomic E-state index is 0. The third kappa shape index (κ3) is 3.09. The van der Waals surface area contributed by atoms with Gasteiger partial charge in [0.05, 0.1) is 0 Å². The fourth-order valence-corrected chi connectivity index (χ4v) is 3.86. The van der Waals surface area contributed by atoms with E-state index in [0.29, 0.717) is 0 Å². The van der Waals surface area contributed by atoms with Gasteiger partial charge >= 0.3 is 0 Å². The van der Waals surface area contributed by atoms with Crippen molar-refractivity contribution in [2.24, 2.45) is 5.92 Å². The van der Waals surface area contributed by atoms with Crippen LogP contribution in [0.4, 0.5) is 0 Å². The Labute approximate surface area is 125 Å². The summed E-state index contributed by atoms with van der Waals surface area (Å²) in [5.74, 6) is 0.772. The summed E-state index contributed by atoms with van der Waals surface area (Å²) in [6.07, 6.45) is 9.20. The summed E-state index contributed by atoms with van der Waals surface area (Å²) < 4.78 is 0. The number of hydrogen-bond donors (Lipinski definition) is 1. The van der Waals surface area contributed by atoms with Crippen LogP contribution in [0.15, 0.2) is 6.07 Å². The summed E-state index contributed by atoms with van der Waals surface area (Å²) in [6.45, 7) is 7.05. The summed E-state index contributed by atoms with van der Waals surface area (Å²) in [7, 11) is 0. The van der Waals surface area contributed by atoms with Crippen LogP contribution in [0.3, 0.4) is 0 Å². The maximum absolute atomic E-state index is 3.57. The number of hydrogen-bond acceptors (Lipinski definition) is 1. The molecule has 1 aromatic carbocycles. The van der Waals surface area contributed by atoms with Crippen LogP contribution < -0.4 is 5.32 Å². The van der Waals surface area contributed by atoms with Crippen molar-refractivity contribution >= 4 is 0 Å². The largest absolute Gasteiger partial charge is 0.316 e. The van der Waals surface area contributed by atoms with Gasteiger partial charge in [-0.3, -0.25) is 0 Å². The lowest BCUT2D eigenvalue weighted by Gasteiger charge is -2.25. The molecule has 0 amide bonds. The molecule has 1 aromatic rings. The average Bonchev–Trinajstić information content (AvgIpc) is 2.63. The van der Waals surface area contributed by atoms with Crippen LogP contribution >= 0.6 is 0 Å². The molecule has 112 valence electrons. The second-order valence-corrected chi connectivity index (χ2v) is 6.69. The first kappa shape index (κ1) is 15.6. The van der Waals surface area contributed by atoms with Gasteiger partial charge in [-0.1, -0.05) is 27.3 Å². The van der Waals surface area contributed by atoms with Crippen molar-refractivity contribution in [2.75, 3.05) is 13.1 Å². The van der Waals surface area contributed by atoms with E-state index >= 15 is 0 Å². The van der Waals surface area contributed by atoms with Crippen molar-refractivity contribution in [3.63, 3.8) is 0 Å². The molecule has 1 heterocycles. The molecule has 3 rings (SSSR count). The van der Waals surface area contributed by atoms with Gasteiger partial charge in [0.2, 0.25) is 0 Å². The SMILES string of the molecule is C.CC(C)Cc1c2c(cc3c1CCNCC3)CCCC2. The highest BCUT2D eigenvalue weighted by Gasteiger charge is 2.21. The molecule has 0 saturated carbocycles. The van der Waals surface area contributed by atoms with E-state index in [2.05, 4.69) is 25.2 Å². The van der Waals surface area contributed by atoms with Crippen LogP contribution in [0.5, 0.6) is 0 Å². The number of nitrogens with one attached hydrogen (secondary N) is 1. The monoisotopic (exact) mass is 273 g/mol. The third-order valence-corrected chi connectivity index (χ3v) is 4.71. The predicted octanol–water partition coefficient (Wildman–Crippen LogP) is 4.09. The lowest BCUT2D eigenvalue weighted by Crippen LogP contribution is -2.16. The van der Waals surface area contributed by atoms with Crippen molar-refractivity contribution < 1.29 is 0 Å². The zero-order valence-electron chi connectivity index (χ0n) is 12.5. The van der Waals surface area contributed by atoms with Crippen LogP contribution in [0.2, 0.25) is 0 Å². The Morgan fingerprint density at radius 3 is 2.40 bits per heavy atom. The van der Waals surface area contributed by atoms with Gasteiger partial charge in [-0.25, -0.2) is 0 Å². The van der Waals surface area contributed by atoms with E-state index in [-0.39, 0.29) is 7.43 Å². The first-order chi connectivity index (χ1) is 9.25. The Morgan fingerprint density at radius 2 is 1.60 bits per heavy atom. The van der Waals surface area contributed by atoms with Crippen molar-refractivity contribution in [1.82, 2.24) is 5.32 Å². The maximum Gasteiger partial charge on any atom is -0.000802 e. The summed E-state index contributed by atoms with van der Waals surface area (Å²) >= 11 is 0. The van der Waals surface area contributed by atoms with E-state index < -0.39 is 0 Å². The normalized spacial score (nSPS) is 17.9. The molecule has 20 heavy (non-hydrogen) atoms. The molecule has 1 nitrogen and oxygen atoms in total. The van der Waals surface area contributed by atoms with Gasteiger partial charge in [-0.15, -0.1) is 0 Å². The number of benzene rings is 1. The van der Waals surface area contributed by atoms with Crippen LogP contribution in [-0.2, 0) is 32.1 Å². The van der Waals surface area contributed by atoms with E-state index in [1.807, 2.05) is 0 Å². The van der Waals surface area contributed by atoms with E-state index in [9.17, 15) is 0 Å². The standard InChI is InChI=1S/C18H27N.CH4/c1-13(2)11-18-16-6-4-3-5-14(16)12-15-7-9-19-10-8-17(15)18;/h12-13,19H,3-11H2,1-2H3;1H4. The predicted molar refractivity (Wildman–Crippen MR) is 88.6 cm³/mol. The van der Waals surface area contributed by atoms with Gasteiger partial charge in [-0.2, -0.15) is 0 Å². The van der Waals surface area contributed by atoms with Crippen molar-refractivity contribution in [3.05, 3.63) is 33.9 Å². The number of aryl methyl sites for hydroxylation is 1. The third-order valence-electron chi connectivity index (χ3n) is 4.71. The smallest absolute Gasteiger partial charge is 0.000802 e. The zero-order valence-corrected chi connectivity index (χ0v) is 12.5. The summed E-state index contributed by atoms with van der Waals surface area (Å²) in [5, 5.41) is 3.57. The Bertz CT molecular complexity index is 459. The van der Waals surface area contributed by atoms with Crippen LogP contribution in [0, 0.1) is 5.92 Å². The molecule has 0 radical (unpaired) electrons. The summed E-state index contributed by atoms with van der Waals surface area (Å²) in [6, 6.07) is 2.56. The molecule has 1 heteroatoms. The average molecular weight is 273 g/mol. The Morgan fingerprint density at radius 1 is 0.950 bits per heavy atom. The second-order valence-electron chi connectivity index (χ2n) is 6.69. The maximum atomic E-state index is 3.57. The second kappa shape index (κ2) is 6.76. The quantitative estimate of drug-likeness (QED) is 0.856. The Balaban J connectivity index is 0.00000147. The van der Waals surface area contributed by atoms with Crippen molar-refractivity contribution in [1.29, 1.82) is 0 Å². The molecule has 0 fully saturated rings. The fourth-order valence-electron chi connectivity index (χ4n) is 3.86. The van der Waals surface area contributed by atoms with Gasteiger partial charge < -0.3 is 5.32 Å². The Hall–Kier alpha value is -0.820. The first-order valence-corrected chi connectivity index (χ1v) is 8.12. The summed E-state index contributed by atoms with van der Waals surface area (Å²) in [5.41, 5.74) is 8.52. The lowest BCUT2D eigenvalue weighted by molar-refractivity contribution is 0.618. The molecule has 0 saturated heterocycles. The number of fused-ring (bicyclic) bond motifs is 2. The first-order valence-electron chi connectivity index (χ1n) is 8.12. The molecule has 0 atom stereocenters. The molecule has 1 N–H and O–H groups in total. The Kier molecular flexibility index (Phi) is 5.26. The van der Waals surface area contributed by atoms with Gasteiger partial charge in [-0.05, 0) is 91.8 Å². The minimum Gasteiger partial charge on any atom is -0.316 e. The molecular formula is C19H31N. The zero-order chi connectivity index (χ0) is 13.2. The molecule has 0 spiro atoms. The molecule has 1 aliphatic heterocycles. The molecule has 2 aliphatic rings. The van der Waals surface area contributed by atoms with Gasteiger partial charge in [0, 0.05) is 0 Å². The highest BCUT2D eigenvalue weighted by Crippen LogP contribution is 2.32. The van der Waals surface area contributed by atoms with Crippen LogP contribution in [-0.4, -0.2) is 13.1 Å². The van der Waals surface area contributed by atoms with Gasteiger partial charge in [0.1, 0.15) is 0 Å². The van der Waals surface area contributed by atoms with E-state index in [4.69, 9.17) is 0 Å². The molecule has 0 aromatic heterocycles. The van der Waals surface area contributed by atoms with Crippen molar-refractivity contribution in [2.45, 2.75) is 66.2 Å². The number of rotatable bonds is 2. The van der Waals surface area contributed by atoms with E-state index in [1.54, 1.807) is 27.8 Å². The molecule has 0 unspecified atom stereocenters. The molecule has 1 aliphatic carbocycles. The fraction of sp³-hybridized carbons (Fsp3) is 0.684. The highest BCUT2D eigenvalue weighted by molar-refractivity contribution is 5.48. The van der Waals surface area contributed by atoms with E-state index in [1.165, 1.54) is 44.9 Å². The van der Waals surface area contributed by atoms with Gasteiger partial charge in [0.15, 0.2) is 0 Å². The molecular weight excluding hydrogens is 242 g/mol. The topological polar surface area (TPSA) is 12.0 Å². The van der Waals surface area contributed by atoms with Crippen molar-refractivity contribution in [3.8, 4) is 0 Å². The summed E-state index contributed by atoms with van der Waals surface area (Å²) in [4.78, 5) is 0. The minimum atomic E-state index is 0. The highest BCUT2D eigenvalue weighted by atomic mass is 14.8. The van der Waals surface area contributed by atoms with E-state index in [0.717, 1.165) is 19.0 Å².